The molecule has 4 rings (SSSR count). The number of benzene rings is 3. The van der Waals surface area contributed by atoms with Crippen LogP contribution in [0.25, 0.3) is 11.1 Å². The predicted octanol–water partition coefficient (Wildman–Crippen LogP) is 5.01. The van der Waals surface area contributed by atoms with Crippen LogP contribution < -0.4 is 14.2 Å². The normalized spacial score (nSPS) is 12.9. The standard InChI is InChI=1S/C33H32O9/c1-20(2)31(35)40-15-14-39-25-9-11-27-28-12-10-26(18-30(28)22(4)29(27)17-25)42-33(37)23-5-7-24(8-6-23)38-13-16-41-32(36)21(3)19-34/h5-12,17-18,22,34H,1,3,13-16,19H2,2,4H3. The summed E-state index contributed by atoms with van der Waals surface area (Å²) in [4.78, 5) is 35.8. The Labute approximate surface area is 243 Å². The summed E-state index contributed by atoms with van der Waals surface area (Å²) in [5, 5.41) is 8.87. The number of rotatable bonds is 13. The summed E-state index contributed by atoms with van der Waals surface area (Å²) < 4.78 is 26.9. The van der Waals surface area contributed by atoms with E-state index in [4.69, 9.17) is 28.8 Å². The molecule has 0 heterocycles. The van der Waals surface area contributed by atoms with Crippen molar-refractivity contribution in [3.8, 4) is 28.4 Å². The average Bonchev–Trinajstić information content (AvgIpc) is 3.27. The molecular formula is C33H32O9. The van der Waals surface area contributed by atoms with Gasteiger partial charge < -0.3 is 28.8 Å². The van der Waals surface area contributed by atoms with Crippen molar-refractivity contribution in [1.29, 1.82) is 0 Å². The van der Waals surface area contributed by atoms with Gasteiger partial charge in [-0.2, -0.15) is 0 Å². The van der Waals surface area contributed by atoms with Gasteiger partial charge in [0, 0.05) is 11.5 Å². The van der Waals surface area contributed by atoms with Crippen LogP contribution in [0, 0.1) is 0 Å². The third kappa shape index (κ3) is 7.24. The highest BCUT2D eigenvalue weighted by Crippen LogP contribution is 2.47. The minimum absolute atomic E-state index is 0.0103. The van der Waals surface area contributed by atoms with Crippen molar-refractivity contribution in [2.24, 2.45) is 0 Å². The fraction of sp³-hybridized carbons (Fsp3) is 0.242. The molecule has 0 aliphatic heterocycles. The van der Waals surface area contributed by atoms with Crippen LogP contribution in [-0.2, 0) is 19.1 Å². The molecule has 3 aromatic carbocycles. The van der Waals surface area contributed by atoms with E-state index in [1.807, 2.05) is 30.3 Å². The summed E-state index contributed by atoms with van der Waals surface area (Å²) in [5.41, 5.74) is 4.93. The first-order chi connectivity index (χ1) is 20.2. The van der Waals surface area contributed by atoms with E-state index in [1.54, 1.807) is 37.3 Å². The van der Waals surface area contributed by atoms with E-state index in [0.717, 1.165) is 22.3 Å². The van der Waals surface area contributed by atoms with Crippen molar-refractivity contribution in [3.63, 3.8) is 0 Å². The van der Waals surface area contributed by atoms with Gasteiger partial charge >= 0.3 is 17.9 Å². The van der Waals surface area contributed by atoms with Crippen LogP contribution >= 0.6 is 0 Å². The molecule has 0 spiro atoms. The molecule has 0 bridgehead atoms. The molecule has 9 nitrogen and oxygen atoms in total. The zero-order valence-corrected chi connectivity index (χ0v) is 23.5. The van der Waals surface area contributed by atoms with Crippen LogP contribution in [0.4, 0.5) is 0 Å². The molecule has 218 valence electrons. The Morgan fingerprint density at radius 2 is 1.26 bits per heavy atom. The molecule has 42 heavy (non-hydrogen) atoms. The molecule has 1 aliphatic carbocycles. The lowest BCUT2D eigenvalue weighted by atomic mass is 9.99. The third-order valence-electron chi connectivity index (χ3n) is 6.57. The van der Waals surface area contributed by atoms with Crippen LogP contribution in [0.1, 0.15) is 41.3 Å². The van der Waals surface area contributed by atoms with Crippen molar-refractivity contribution >= 4 is 17.9 Å². The van der Waals surface area contributed by atoms with Gasteiger partial charge in [-0.15, -0.1) is 0 Å². The maximum absolute atomic E-state index is 12.8. The number of aliphatic hydroxyl groups is 1. The van der Waals surface area contributed by atoms with Gasteiger partial charge in [-0.1, -0.05) is 32.2 Å². The first kappa shape index (κ1) is 30.1. The second kappa shape index (κ2) is 13.6. The maximum Gasteiger partial charge on any atom is 0.343 e. The molecule has 0 saturated carbocycles. The SMILES string of the molecule is C=C(C)C(=O)OCCOc1ccc2c(c1)C(C)c1cc(OC(=O)c3ccc(OCCOC(=O)C(=C)CO)cc3)ccc1-2. The highest BCUT2D eigenvalue weighted by molar-refractivity contribution is 5.91. The Morgan fingerprint density at radius 1 is 0.738 bits per heavy atom. The number of esters is 3. The number of carbonyl (C=O) groups is 3. The van der Waals surface area contributed by atoms with Crippen molar-refractivity contribution in [2.75, 3.05) is 33.0 Å². The molecule has 9 heteroatoms. The molecule has 1 aliphatic rings. The average molecular weight is 573 g/mol. The van der Waals surface area contributed by atoms with Crippen molar-refractivity contribution in [2.45, 2.75) is 19.8 Å². The first-order valence-corrected chi connectivity index (χ1v) is 13.3. The fourth-order valence-corrected chi connectivity index (χ4v) is 4.34. The lowest BCUT2D eigenvalue weighted by Gasteiger charge is -2.11. The summed E-state index contributed by atoms with van der Waals surface area (Å²) in [6.07, 6.45) is 0. The number of ether oxygens (including phenoxy) is 5. The molecule has 0 amide bonds. The number of aliphatic hydroxyl groups excluding tert-OH is 1. The van der Waals surface area contributed by atoms with E-state index in [-0.39, 0.29) is 37.9 Å². The molecule has 1 N–H and O–H groups in total. The van der Waals surface area contributed by atoms with E-state index < -0.39 is 24.5 Å². The Morgan fingerprint density at radius 3 is 1.86 bits per heavy atom. The summed E-state index contributed by atoms with van der Waals surface area (Å²) in [5.74, 6) is 0.00889. The van der Waals surface area contributed by atoms with Crippen molar-refractivity contribution in [1.82, 2.24) is 0 Å². The maximum atomic E-state index is 12.8. The third-order valence-corrected chi connectivity index (χ3v) is 6.57. The van der Waals surface area contributed by atoms with E-state index >= 15 is 0 Å². The second-order valence-corrected chi connectivity index (χ2v) is 9.64. The summed E-state index contributed by atoms with van der Waals surface area (Å²) in [6, 6.07) is 17.9. The summed E-state index contributed by atoms with van der Waals surface area (Å²) >= 11 is 0. The highest BCUT2D eigenvalue weighted by Gasteiger charge is 2.27. The van der Waals surface area contributed by atoms with Gasteiger partial charge in [0.05, 0.1) is 17.7 Å². The van der Waals surface area contributed by atoms with Gasteiger partial charge in [-0.05, 0) is 77.7 Å². The fourth-order valence-electron chi connectivity index (χ4n) is 4.34. The molecule has 0 radical (unpaired) electrons. The van der Waals surface area contributed by atoms with Gasteiger partial charge in [0.25, 0.3) is 0 Å². The Balaban J connectivity index is 1.31. The first-order valence-electron chi connectivity index (χ1n) is 13.3. The minimum Gasteiger partial charge on any atom is -0.490 e. The topological polar surface area (TPSA) is 118 Å². The van der Waals surface area contributed by atoms with Gasteiger partial charge in [-0.25, -0.2) is 14.4 Å². The van der Waals surface area contributed by atoms with Crippen LogP contribution in [0.5, 0.6) is 17.2 Å². The number of fused-ring (bicyclic) bond motifs is 3. The zero-order valence-electron chi connectivity index (χ0n) is 23.5. The van der Waals surface area contributed by atoms with Crippen LogP contribution in [0.3, 0.4) is 0 Å². The molecule has 1 atom stereocenters. The van der Waals surface area contributed by atoms with Gasteiger partial charge in [-0.3, -0.25) is 0 Å². The van der Waals surface area contributed by atoms with E-state index in [2.05, 4.69) is 20.1 Å². The quantitative estimate of drug-likeness (QED) is 0.131. The second-order valence-electron chi connectivity index (χ2n) is 9.64. The summed E-state index contributed by atoms with van der Waals surface area (Å²) in [6.45, 7) is 10.6. The lowest BCUT2D eigenvalue weighted by molar-refractivity contribution is -0.140. The predicted molar refractivity (Wildman–Crippen MR) is 155 cm³/mol. The molecule has 1 unspecified atom stereocenters. The summed E-state index contributed by atoms with van der Waals surface area (Å²) in [7, 11) is 0. The Bertz CT molecular complexity index is 1500. The zero-order chi connectivity index (χ0) is 30.2. The largest absolute Gasteiger partial charge is 0.490 e. The molecule has 0 fully saturated rings. The van der Waals surface area contributed by atoms with Gasteiger partial charge in [0.15, 0.2) is 0 Å². The molecule has 0 saturated heterocycles. The highest BCUT2D eigenvalue weighted by atomic mass is 16.6. The number of carbonyl (C=O) groups excluding carboxylic acids is 3. The van der Waals surface area contributed by atoms with Crippen LogP contribution in [0.15, 0.2) is 85.0 Å². The van der Waals surface area contributed by atoms with Crippen molar-refractivity contribution in [3.05, 3.63) is 102 Å². The van der Waals surface area contributed by atoms with Crippen LogP contribution in [0.2, 0.25) is 0 Å². The van der Waals surface area contributed by atoms with Crippen molar-refractivity contribution < 1.29 is 43.2 Å². The molecule has 3 aromatic rings. The number of hydrogen-bond acceptors (Lipinski definition) is 9. The van der Waals surface area contributed by atoms with Crippen LogP contribution in [-0.4, -0.2) is 56.0 Å². The van der Waals surface area contributed by atoms with E-state index in [0.29, 0.717) is 28.4 Å². The molecular weight excluding hydrogens is 540 g/mol. The lowest BCUT2D eigenvalue weighted by Crippen LogP contribution is -2.15. The number of hydrogen-bond donors (Lipinski definition) is 1. The van der Waals surface area contributed by atoms with E-state index in [9.17, 15) is 14.4 Å². The van der Waals surface area contributed by atoms with Gasteiger partial charge in [0.2, 0.25) is 0 Å². The molecule has 0 aromatic heterocycles. The smallest absolute Gasteiger partial charge is 0.343 e. The minimum atomic E-state index is -0.682. The van der Waals surface area contributed by atoms with Gasteiger partial charge in [0.1, 0.15) is 43.7 Å². The Hall–Kier alpha value is -4.89. The Kier molecular flexibility index (Phi) is 9.77. The monoisotopic (exact) mass is 572 g/mol. The van der Waals surface area contributed by atoms with E-state index in [1.165, 1.54) is 0 Å².